The number of allylic oxidation sites excluding steroid dienone is 1. The van der Waals surface area contributed by atoms with Gasteiger partial charge in [-0.3, -0.25) is 14.4 Å². The topological polar surface area (TPSA) is 130 Å². The molecule has 5 saturated carbocycles. The molecule has 0 aromatic heterocycles. The van der Waals surface area contributed by atoms with Crippen LogP contribution in [0.25, 0.3) is 0 Å². The Morgan fingerprint density at radius 3 is 2.25 bits per heavy atom. The second-order valence-electron chi connectivity index (χ2n) is 19.7. The van der Waals surface area contributed by atoms with E-state index in [0.29, 0.717) is 30.2 Å². The van der Waals surface area contributed by atoms with Crippen molar-refractivity contribution in [3.8, 4) is 0 Å². The number of amides is 1. The number of fused-ring (bicyclic) bond motifs is 7. The normalized spacial score (nSPS) is 39.2. The molecule has 10 atom stereocenters. The highest BCUT2D eigenvalue weighted by atomic mass is 16.5. The van der Waals surface area contributed by atoms with Gasteiger partial charge in [0.25, 0.3) is 0 Å². The molecule has 0 spiro atoms. The first-order chi connectivity index (χ1) is 24.1. The molecule has 0 aliphatic heterocycles. The summed E-state index contributed by atoms with van der Waals surface area (Å²) in [6.45, 7) is 22.3. The van der Waals surface area contributed by atoms with Crippen molar-refractivity contribution in [2.45, 2.75) is 139 Å². The number of carbonyl (C=O) groups is 4. The van der Waals surface area contributed by atoms with Crippen LogP contribution >= 0.6 is 0 Å². The van der Waals surface area contributed by atoms with Crippen molar-refractivity contribution in [2.24, 2.45) is 62.1 Å². The zero-order valence-corrected chi connectivity index (χ0v) is 32.9. The van der Waals surface area contributed by atoms with Crippen LogP contribution in [-0.2, 0) is 25.7 Å². The largest absolute Gasteiger partial charge is 0.481 e. The SMILES string of the molecule is C=C(C)[C@@H]1CC[C@]2(C(=O)NCc3cccc(C(=O)O)c3)CC[C@]3(C)[C@H](CC[C@@H]4[C@@]5(C)CC[C@H](OC(=O)CC(C)(C)C(=O)O)C(C)(C)[C@@H]5CC[C@]43C)[C@@H]12. The third kappa shape index (κ3) is 5.84. The fourth-order valence-electron chi connectivity index (χ4n) is 13.5. The van der Waals surface area contributed by atoms with Gasteiger partial charge in [0.2, 0.25) is 5.91 Å². The molecular formula is C44H63NO7. The summed E-state index contributed by atoms with van der Waals surface area (Å²) in [5.41, 5.74) is 0.569. The van der Waals surface area contributed by atoms with Crippen LogP contribution in [0.4, 0.5) is 0 Å². The van der Waals surface area contributed by atoms with Gasteiger partial charge < -0.3 is 20.3 Å². The van der Waals surface area contributed by atoms with Crippen LogP contribution in [0.5, 0.6) is 0 Å². The predicted octanol–water partition coefficient (Wildman–Crippen LogP) is 9.07. The van der Waals surface area contributed by atoms with Crippen molar-refractivity contribution in [2.75, 3.05) is 0 Å². The molecule has 5 aliphatic rings. The number of rotatable bonds is 9. The Morgan fingerprint density at radius 2 is 1.60 bits per heavy atom. The van der Waals surface area contributed by atoms with E-state index in [1.165, 1.54) is 5.57 Å². The lowest BCUT2D eigenvalue weighted by Crippen LogP contribution is -2.67. The molecule has 8 heteroatoms. The van der Waals surface area contributed by atoms with Crippen LogP contribution in [0, 0.1) is 62.1 Å². The molecule has 0 bridgehead atoms. The first-order valence-electron chi connectivity index (χ1n) is 19.8. The molecule has 0 radical (unpaired) electrons. The average molecular weight is 718 g/mol. The number of hydrogen-bond donors (Lipinski definition) is 3. The molecule has 5 aliphatic carbocycles. The number of carbonyl (C=O) groups excluding carboxylic acids is 2. The maximum atomic E-state index is 14.5. The number of nitrogens with one attached hydrogen (secondary N) is 1. The highest BCUT2D eigenvalue weighted by Crippen LogP contribution is 2.77. The number of esters is 1. The molecule has 1 aromatic rings. The van der Waals surface area contributed by atoms with Gasteiger partial charge in [-0.25, -0.2) is 4.79 Å². The van der Waals surface area contributed by atoms with E-state index in [4.69, 9.17) is 4.74 Å². The molecule has 0 heterocycles. The van der Waals surface area contributed by atoms with Crippen molar-refractivity contribution in [3.05, 3.63) is 47.5 Å². The van der Waals surface area contributed by atoms with Crippen LogP contribution in [-0.4, -0.2) is 40.1 Å². The molecular weight excluding hydrogens is 654 g/mol. The molecule has 1 aromatic carbocycles. The number of benzene rings is 1. The van der Waals surface area contributed by atoms with E-state index in [1.54, 1.807) is 32.0 Å². The maximum absolute atomic E-state index is 14.5. The average Bonchev–Trinajstić information content (AvgIpc) is 3.46. The van der Waals surface area contributed by atoms with E-state index in [2.05, 4.69) is 53.4 Å². The number of aromatic carboxylic acids is 1. The Labute approximate surface area is 310 Å². The van der Waals surface area contributed by atoms with Gasteiger partial charge in [-0.05, 0) is 149 Å². The van der Waals surface area contributed by atoms with Crippen LogP contribution in [0.1, 0.15) is 142 Å². The molecule has 0 unspecified atom stereocenters. The van der Waals surface area contributed by atoms with E-state index >= 15 is 0 Å². The van der Waals surface area contributed by atoms with E-state index in [1.807, 2.05) is 6.07 Å². The minimum atomic E-state index is -1.17. The zero-order chi connectivity index (χ0) is 38.2. The Hall–Kier alpha value is -3.16. The van der Waals surface area contributed by atoms with Gasteiger partial charge in [0.1, 0.15) is 6.10 Å². The Kier molecular flexibility index (Phi) is 9.64. The lowest BCUT2D eigenvalue weighted by Gasteiger charge is -2.72. The molecule has 1 amide bonds. The Morgan fingerprint density at radius 1 is 0.885 bits per heavy atom. The smallest absolute Gasteiger partial charge is 0.335 e. The summed E-state index contributed by atoms with van der Waals surface area (Å²) in [5.74, 6) is -0.463. The summed E-state index contributed by atoms with van der Waals surface area (Å²) in [4.78, 5) is 50.9. The minimum absolute atomic E-state index is 0.0576. The van der Waals surface area contributed by atoms with E-state index in [0.717, 1.165) is 69.8 Å². The molecule has 5 fully saturated rings. The molecule has 286 valence electrons. The lowest BCUT2D eigenvalue weighted by atomic mass is 9.32. The summed E-state index contributed by atoms with van der Waals surface area (Å²) >= 11 is 0. The highest BCUT2D eigenvalue weighted by molar-refractivity contribution is 5.88. The second-order valence-corrected chi connectivity index (χ2v) is 19.7. The van der Waals surface area contributed by atoms with Crippen LogP contribution in [0.15, 0.2) is 36.4 Å². The van der Waals surface area contributed by atoms with E-state index in [-0.39, 0.29) is 51.6 Å². The van der Waals surface area contributed by atoms with Crippen LogP contribution in [0.3, 0.4) is 0 Å². The number of aliphatic carboxylic acids is 1. The van der Waals surface area contributed by atoms with Gasteiger partial charge in [0, 0.05) is 12.0 Å². The number of carboxylic acids is 2. The van der Waals surface area contributed by atoms with Crippen molar-refractivity contribution < 1.29 is 34.1 Å². The Bertz CT molecular complexity index is 1650. The fourth-order valence-corrected chi connectivity index (χ4v) is 13.5. The first kappa shape index (κ1) is 38.6. The quantitative estimate of drug-likeness (QED) is 0.172. The van der Waals surface area contributed by atoms with E-state index < -0.39 is 28.7 Å². The number of ether oxygens (including phenoxy) is 1. The third-order valence-corrected chi connectivity index (χ3v) is 16.5. The minimum Gasteiger partial charge on any atom is -0.481 e. The summed E-state index contributed by atoms with van der Waals surface area (Å²) in [5, 5.41) is 22.4. The monoisotopic (exact) mass is 717 g/mol. The van der Waals surface area contributed by atoms with Gasteiger partial charge in [0.05, 0.1) is 22.8 Å². The summed E-state index contributed by atoms with van der Waals surface area (Å²) in [6.07, 6.45) is 9.46. The van der Waals surface area contributed by atoms with Crippen molar-refractivity contribution in [3.63, 3.8) is 0 Å². The van der Waals surface area contributed by atoms with Crippen molar-refractivity contribution >= 4 is 23.8 Å². The molecule has 6 rings (SSSR count). The summed E-state index contributed by atoms with van der Waals surface area (Å²) in [7, 11) is 0. The highest BCUT2D eigenvalue weighted by Gasteiger charge is 2.72. The Balaban J connectivity index is 1.24. The summed E-state index contributed by atoms with van der Waals surface area (Å²) < 4.78 is 6.16. The van der Waals surface area contributed by atoms with E-state index in [9.17, 15) is 29.4 Å². The van der Waals surface area contributed by atoms with Gasteiger partial charge >= 0.3 is 17.9 Å². The number of hydrogen-bond acceptors (Lipinski definition) is 5. The van der Waals surface area contributed by atoms with Crippen LogP contribution < -0.4 is 5.32 Å². The first-order valence-corrected chi connectivity index (χ1v) is 19.8. The molecule has 3 N–H and O–H groups in total. The molecule has 0 saturated heterocycles. The lowest BCUT2D eigenvalue weighted by molar-refractivity contribution is -0.249. The third-order valence-electron chi connectivity index (χ3n) is 16.5. The van der Waals surface area contributed by atoms with Crippen molar-refractivity contribution in [1.29, 1.82) is 0 Å². The van der Waals surface area contributed by atoms with Gasteiger partial charge in [-0.2, -0.15) is 0 Å². The fraction of sp³-hybridized carbons (Fsp3) is 0.727. The van der Waals surface area contributed by atoms with Gasteiger partial charge in [-0.15, -0.1) is 0 Å². The zero-order valence-electron chi connectivity index (χ0n) is 32.9. The maximum Gasteiger partial charge on any atom is 0.335 e. The molecule has 8 nitrogen and oxygen atoms in total. The van der Waals surface area contributed by atoms with Crippen LogP contribution in [0.2, 0.25) is 0 Å². The van der Waals surface area contributed by atoms with Gasteiger partial charge in [-0.1, -0.05) is 58.9 Å². The second kappa shape index (κ2) is 13.0. The number of carboxylic acid groups (broad SMARTS) is 2. The summed E-state index contributed by atoms with van der Waals surface area (Å²) in [6, 6.07) is 6.85. The van der Waals surface area contributed by atoms with Gasteiger partial charge in [0.15, 0.2) is 0 Å². The molecule has 52 heavy (non-hydrogen) atoms. The predicted molar refractivity (Wildman–Crippen MR) is 200 cm³/mol. The standard InChI is InChI=1S/C44H63NO7/c1-26(2)29-15-20-44(37(49)45-25-27-11-10-12-28(23-27)36(47)48)22-21-42(8)30(35(29)44)13-14-32-41(7)18-17-33(52-34(46)24-39(3,4)38(50)51)40(5,6)31(41)16-19-43(32,42)9/h10-12,23,29-33,35H,1,13-22,24-25H2,2-9H3,(H,45,49)(H,47,48)(H,50,51)/t29-,30+,31-,32+,33-,35+,41-,42+,43+,44-/m0/s1. The van der Waals surface area contributed by atoms with Crippen molar-refractivity contribution in [1.82, 2.24) is 5.32 Å².